The summed E-state index contributed by atoms with van der Waals surface area (Å²) >= 11 is 3.97. The number of nitrogens with two attached hydrogens (primary N) is 1. The van der Waals surface area contributed by atoms with Crippen molar-refractivity contribution in [1.82, 2.24) is 4.98 Å². The third kappa shape index (κ3) is 1.71. The summed E-state index contributed by atoms with van der Waals surface area (Å²) in [7, 11) is 0. The van der Waals surface area contributed by atoms with Gasteiger partial charge in [-0.3, -0.25) is 0 Å². The Labute approximate surface area is 70.6 Å². The Morgan fingerprint density at radius 3 is 3.00 bits per heavy atom. The van der Waals surface area contributed by atoms with Gasteiger partial charge in [-0.15, -0.1) is 0 Å². The fraction of sp³-hybridized carbons (Fsp3) is 0.143. The Morgan fingerprint density at radius 2 is 2.45 bits per heavy atom. The number of pyridine rings is 1. The molecule has 0 radical (unpaired) electrons. The fourth-order valence-electron chi connectivity index (χ4n) is 0.758. The van der Waals surface area contributed by atoms with Crippen LogP contribution in [0.1, 0.15) is 5.56 Å². The highest BCUT2D eigenvalue weighted by Gasteiger charge is 2.02. The molecule has 0 bridgehead atoms. The van der Waals surface area contributed by atoms with Crippen LogP contribution in [0, 0.1) is 5.41 Å². The van der Waals surface area contributed by atoms with E-state index < -0.39 is 0 Å². The Kier molecular flexibility index (Phi) is 2.48. The monoisotopic (exact) mass is 167 g/mol. The van der Waals surface area contributed by atoms with Gasteiger partial charge in [-0.05, 0) is 12.1 Å². The Balaban J connectivity index is 3.03. The van der Waals surface area contributed by atoms with Crippen LogP contribution >= 0.6 is 12.6 Å². The molecule has 3 N–H and O–H groups in total. The molecule has 0 aliphatic carbocycles. The van der Waals surface area contributed by atoms with Crippen molar-refractivity contribution in [3.63, 3.8) is 0 Å². The van der Waals surface area contributed by atoms with Crippen LogP contribution < -0.4 is 5.73 Å². The highest BCUT2D eigenvalue weighted by Crippen LogP contribution is 2.07. The van der Waals surface area contributed by atoms with Crippen LogP contribution in [-0.4, -0.2) is 16.4 Å². The van der Waals surface area contributed by atoms with Crippen molar-refractivity contribution in [2.45, 2.75) is 0 Å². The predicted octanol–water partition coefficient (Wildman–Crippen LogP) is 0.961. The van der Waals surface area contributed by atoms with Crippen molar-refractivity contribution in [3.05, 3.63) is 23.9 Å². The lowest BCUT2D eigenvalue weighted by atomic mass is 10.2. The number of nitrogen functional groups attached to an aromatic ring is 1. The lowest BCUT2D eigenvalue weighted by Crippen LogP contribution is -2.05. The first-order chi connectivity index (χ1) is 5.25. The average Bonchev–Trinajstić information content (AvgIpc) is 2.04. The van der Waals surface area contributed by atoms with Gasteiger partial charge >= 0.3 is 0 Å². The SMILES string of the molecule is N=C(CS)c1cccnc1N. The lowest BCUT2D eigenvalue weighted by Gasteiger charge is -2.01. The normalized spacial score (nSPS) is 9.55. The largest absolute Gasteiger partial charge is 0.383 e. The number of thiol groups is 1. The van der Waals surface area contributed by atoms with E-state index in [1.54, 1.807) is 18.3 Å². The Morgan fingerprint density at radius 1 is 1.73 bits per heavy atom. The highest BCUT2D eigenvalue weighted by molar-refractivity contribution is 7.81. The van der Waals surface area contributed by atoms with Crippen molar-refractivity contribution in [2.75, 3.05) is 11.5 Å². The second-order valence-electron chi connectivity index (χ2n) is 2.07. The molecule has 3 nitrogen and oxygen atoms in total. The summed E-state index contributed by atoms with van der Waals surface area (Å²) in [5.74, 6) is 0.780. The van der Waals surface area contributed by atoms with Crippen LogP contribution in [0.2, 0.25) is 0 Å². The number of hydrogen-bond acceptors (Lipinski definition) is 4. The quantitative estimate of drug-likeness (QED) is 0.454. The van der Waals surface area contributed by atoms with E-state index in [1.807, 2.05) is 0 Å². The number of nitrogens with zero attached hydrogens (tertiary/aromatic N) is 1. The van der Waals surface area contributed by atoms with Gasteiger partial charge in [0.05, 0.1) is 5.71 Å². The Bertz CT molecular complexity index is 272. The van der Waals surface area contributed by atoms with Crippen molar-refractivity contribution in [3.8, 4) is 0 Å². The summed E-state index contributed by atoms with van der Waals surface area (Å²) in [6, 6.07) is 3.52. The molecule has 0 amide bonds. The molecule has 1 aromatic heterocycles. The van der Waals surface area contributed by atoms with Gasteiger partial charge in [0.1, 0.15) is 5.82 Å². The maximum absolute atomic E-state index is 7.42. The zero-order valence-corrected chi connectivity index (χ0v) is 6.81. The second-order valence-corrected chi connectivity index (χ2v) is 2.39. The first-order valence-electron chi connectivity index (χ1n) is 3.15. The van der Waals surface area contributed by atoms with Gasteiger partial charge in [-0.25, -0.2) is 4.98 Å². The van der Waals surface area contributed by atoms with E-state index in [9.17, 15) is 0 Å². The van der Waals surface area contributed by atoms with E-state index in [1.165, 1.54) is 0 Å². The lowest BCUT2D eigenvalue weighted by molar-refractivity contribution is 1.31. The molecule has 11 heavy (non-hydrogen) atoms. The van der Waals surface area contributed by atoms with Crippen molar-refractivity contribution < 1.29 is 0 Å². The smallest absolute Gasteiger partial charge is 0.132 e. The van der Waals surface area contributed by atoms with Crippen LogP contribution in [0.3, 0.4) is 0 Å². The minimum Gasteiger partial charge on any atom is -0.383 e. The maximum atomic E-state index is 7.42. The van der Waals surface area contributed by atoms with Crippen LogP contribution in [0.25, 0.3) is 0 Å². The average molecular weight is 167 g/mol. The maximum Gasteiger partial charge on any atom is 0.132 e. The topological polar surface area (TPSA) is 62.8 Å². The third-order valence-electron chi connectivity index (χ3n) is 1.32. The number of rotatable bonds is 2. The molecule has 0 spiro atoms. The van der Waals surface area contributed by atoms with Crippen LogP contribution in [0.5, 0.6) is 0 Å². The number of nitrogens with one attached hydrogen (secondary N) is 1. The highest BCUT2D eigenvalue weighted by atomic mass is 32.1. The fourth-order valence-corrected chi connectivity index (χ4v) is 0.928. The summed E-state index contributed by atoms with van der Waals surface area (Å²) in [4.78, 5) is 3.85. The minimum atomic E-state index is 0.385. The Hall–Kier alpha value is -1.03. The first-order valence-corrected chi connectivity index (χ1v) is 3.78. The summed E-state index contributed by atoms with van der Waals surface area (Å²) in [6.45, 7) is 0. The van der Waals surface area contributed by atoms with Gasteiger partial charge in [-0.1, -0.05) is 0 Å². The molecule has 0 unspecified atom stereocenters. The van der Waals surface area contributed by atoms with Gasteiger partial charge in [0.25, 0.3) is 0 Å². The number of anilines is 1. The van der Waals surface area contributed by atoms with E-state index in [4.69, 9.17) is 11.1 Å². The molecule has 0 saturated heterocycles. The first kappa shape index (κ1) is 8.07. The molecule has 0 saturated carbocycles. The zero-order valence-electron chi connectivity index (χ0n) is 5.91. The van der Waals surface area contributed by atoms with Gasteiger partial charge in [-0.2, -0.15) is 12.6 Å². The second kappa shape index (κ2) is 3.39. The summed E-state index contributed by atoms with van der Waals surface area (Å²) in [6.07, 6.45) is 1.60. The summed E-state index contributed by atoms with van der Waals surface area (Å²) < 4.78 is 0. The molecule has 0 aliphatic rings. The standard InChI is InChI=1S/C7H9N3S/c8-6(4-11)5-2-1-3-10-7(5)9/h1-3,8,11H,4H2,(H2,9,10). The molecule has 1 aromatic rings. The number of aromatic nitrogens is 1. The molecule has 1 rings (SSSR count). The molecule has 58 valence electrons. The predicted molar refractivity (Wildman–Crippen MR) is 49.3 cm³/mol. The molecular formula is C7H9N3S. The minimum absolute atomic E-state index is 0.385. The van der Waals surface area contributed by atoms with E-state index in [0.29, 0.717) is 22.8 Å². The molecule has 4 heteroatoms. The summed E-state index contributed by atoms with van der Waals surface area (Å²) in [5.41, 5.74) is 6.58. The zero-order chi connectivity index (χ0) is 8.27. The molecule has 1 heterocycles. The van der Waals surface area contributed by atoms with Crippen LogP contribution in [0.4, 0.5) is 5.82 Å². The van der Waals surface area contributed by atoms with E-state index in [0.717, 1.165) is 0 Å². The molecular weight excluding hydrogens is 158 g/mol. The molecule has 0 fully saturated rings. The molecule has 0 aromatic carbocycles. The van der Waals surface area contributed by atoms with Gasteiger partial charge < -0.3 is 11.1 Å². The van der Waals surface area contributed by atoms with Crippen molar-refractivity contribution in [2.24, 2.45) is 0 Å². The van der Waals surface area contributed by atoms with E-state index in [2.05, 4.69) is 17.6 Å². The van der Waals surface area contributed by atoms with Crippen LogP contribution in [0.15, 0.2) is 18.3 Å². The van der Waals surface area contributed by atoms with Crippen molar-refractivity contribution >= 4 is 24.2 Å². The van der Waals surface area contributed by atoms with E-state index in [-0.39, 0.29) is 0 Å². The number of hydrogen-bond donors (Lipinski definition) is 3. The van der Waals surface area contributed by atoms with E-state index >= 15 is 0 Å². The van der Waals surface area contributed by atoms with Crippen molar-refractivity contribution in [1.29, 1.82) is 5.41 Å². The third-order valence-corrected chi connectivity index (χ3v) is 1.64. The molecule has 0 atom stereocenters. The van der Waals surface area contributed by atoms with Crippen LogP contribution in [-0.2, 0) is 0 Å². The van der Waals surface area contributed by atoms with Gasteiger partial charge in [0.15, 0.2) is 0 Å². The molecule has 0 aliphatic heterocycles. The van der Waals surface area contributed by atoms with Gasteiger partial charge in [0, 0.05) is 17.5 Å². The van der Waals surface area contributed by atoms with Gasteiger partial charge in [0.2, 0.25) is 0 Å². The summed E-state index contributed by atoms with van der Waals surface area (Å²) in [5, 5.41) is 7.42.